The molecule has 60 valence electrons. The Bertz CT molecular complexity index is 120. The molecule has 0 saturated carbocycles. The highest BCUT2D eigenvalue weighted by atomic mass is 16.7. The summed E-state index contributed by atoms with van der Waals surface area (Å²) in [6.45, 7) is 8.09. The fourth-order valence-electron chi connectivity index (χ4n) is 1.43. The molecule has 1 saturated heterocycles. The predicted octanol–water partition coefficient (Wildman–Crippen LogP) is 1.94. The number of rotatable bonds is 1. The Balaban J connectivity index is 2.52. The van der Waals surface area contributed by atoms with Gasteiger partial charge in [-0.15, -0.1) is 0 Å². The van der Waals surface area contributed by atoms with Crippen molar-refractivity contribution in [3.05, 3.63) is 0 Å². The molecule has 0 spiro atoms. The van der Waals surface area contributed by atoms with Crippen LogP contribution in [0.2, 0.25) is 0 Å². The van der Waals surface area contributed by atoms with Crippen molar-refractivity contribution in [3.63, 3.8) is 0 Å². The Morgan fingerprint density at radius 1 is 1.30 bits per heavy atom. The molecule has 1 unspecified atom stereocenters. The maximum Gasteiger partial charge on any atom is 0.163 e. The maximum absolute atomic E-state index is 5.59. The van der Waals surface area contributed by atoms with Crippen LogP contribution in [-0.4, -0.2) is 18.0 Å². The summed E-state index contributed by atoms with van der Waals surface area (Å²) in [6.07, 6.45) is 1.57. The van der Waals surface area contributed by atoms with Crippen LogP contribution in [0.1, 0.15) is 34.1 Å². The molecule has 1 rings (SSSR count). The molecule has 0 aliphatic carbocycles. The SMILES string of the molecule is CC[C@@H]1OC(C)(C)OC1C. The van der Waals surface area contributed by atoms with Crippen LogP contribution in [0, 0.1) is 0 Å². The first kappa shape index (κ1) is 8.02. The fourth-order valence-corrected chi connectivity index (χ4v) is 1.43. The summed E-state index contributed by atoms with van der Waals surface area (Å²) >= 11 is 0. The summed E-state index contributed by atoms with van der Waals surface area (Å²) in [7, 11) is 0. The Morgan fingerprint density at radius 2 is 1.90 bits per heavy atom. The molecule has 0 bridgehead atoms. The lowest BCUT2D eigenvalue weighted by Crippen LogP contribution is -2.21. The third-order valence-corrected chi connectivity index (χ3v) is 1.83. The van der Waals surface area contributed by atoms with Crippen LogP contribution < -0.4 is 0 Å². The summed E-state index contributed by atoms with van der Waals surface area (Å²) < 4.78 is 11.1. The minimum Gasteiger partial charge on any atom is -0.345 e. The van der Waals surface area contributed by atoms with E-state index in [1.54, 1.807) is 0 Å². The first-order chi connectivity index (χ1) is 4.55. The lowest BCUT2D eigenvalue weighted by molar-refractivity contribution is -0.145. The molecule has 1 aliphatic heterocycles. The minimum absolute atomic E-state index is 0.250. The second-order valence-electron chi connectivity index (χ2n) is 3.29. The Hall–Kier alpha value is -0.0800. The van der Waals surface area contributed by atoms with Crippen molar-refractivity contribution >= 4 is 0 Å². The van der Waals surface area contributed by atoms with Crippen molar-refractivity contribution in [1.29, 1.82) is 0 Å². The van der Waals surface area contributed by atoms with E-state index in [0.717, 1.165) is 6.42 Å². The first-order valence-corrected chi connectivity index (χ1v) is 3.91. The molecule has 0 N–H and O–H groups in total. The van der Waals surface area contributed by atoms with Gasteiger partial charge in [-0.25, -0.2) is 0 Å². The van der Waals surface area contributed by atoms with Gasteiger partial charge < -0.3 is 9.47 Å². The Kier molecular flexibility index (Phi) is 2.02. The van der Waals surface area contributed by atoms with E-state index in [1.807, 2.05) is 13.8 Å². The van der Waals surface area contributed by atoms with Gasteiger partial charge in [0.15, 0.2) is 5.79 Å². The lowest BCUT2D eigenvalue weighted by atomic mass is 10.2. The van der Waals surface area contributed by atoms with Gasteiger partial charge in [-0.05, 0) is 27.2 Å². The van der Waals surface area contributed by atoms with E-state index < -0.39 is 0 Å². The average molecular weight is 144 g/mol. The van der Waals surface area contributed by atoms with E-state index in [0.29, 0.717) is 0 Å². The molecule has 1 aliphatic rings. The second kappa shape index (κ2) is 2.51. The molecule has 1 heterocycles. The lowest BCUT2D eigenvalue weighted by Gasteiger charge is -2.16. The monoisotopic (exact) mass is 144 g/mol. The summed E-state index contributed by atoms with van der Waals surface area (Å²) in [5.41, 5.74) is 0. The van der Waals surface area contributed by atoms with Crippen molar-refractivity contribution in [1.82, 2.24) is 0 Å². The van der Waals surface area contributed by atoms with Gasteiger partial charge in [0.25, 0.3) is 0 Å². The predicted molar refractivity (Wildman–Crippen MR) is 39.8 cm³/mol. The third kappa shape index (κ3) is 1.50. The quantitative estimate of drug-likeness (QED) is 0.560. The molecule has 0 aromatic carbocycles. The van der Waals surface area contributed by atoms with E-state index >= 15 is 0 Å². The zero-order valence-electron chi connectivity index (χ0n) is 7.18. The average Bonchev–Trinajstić information content (AvgIpc) is 2.05. The van der Waals surface area contributed by atoms with Crippen molar-refractivity contribution < 1.29 is 9.47 Å². The Labute approximate surface area is 62.5 Å². The summed E-state index contributed by atoms with van der Waals surface area (Å²) in [4.78, 5) is 0. The zero-order valence-corrected chi connectivity index (χ0v) is 7.18. The molecular weight excluding hydrogens is 128 g/mol. The van der Waals surface area contributed by atoms with Crippen LogP contribution >= 0.6 is 0 Å². The minimum atomic E-state index is -0.361. The maximum atomic E-state index is 5.59. The summed E-state index contributed by atoms with van der Waals surface area (Å²) in [5.74, 6) is -0.361. The standard InChI is InChI=1S/C8H16O2/c1-5-7-6(2)9-8(3,4)10-7/h6-7H,5H2,1-4H3/t6?,7-/m0/s1. The molecule has 10 heavy (non-hydrogen) atoms. The zero-order chi connectivity index (χ0) is 7.78. The van der Waals surface area contributed by atoms with E-state index in [2.05, 4.69) is 13.8 Å². The van der Waals surface area contributed by atoms with Gasteiger partial charge in [0.1, 0.15) is 0 Å². The van der Waals surface area contributed by atoms with E-state index in [4.69, 9.17) is 9.47 Å². The van der Waals surface area contributed by atoms with Crippen molar-refractivity contribution in [3.8, 4) is 0 Å². The van der Waals surface area contributed by atoms with Crippen LogP contribution in [0.15, 0.2) is 0 Å². The smallest absolute Gasteiger partial charge is 0.163 e. The molecular formula is C8H16O2. The van der Waals surface area contributed by atoms with Crippen molar-refractivity contribution in [2.45, 2.75) is 52.1 Å². The van der Waals surface area contributed by atoms with Gasteiger partial charge >= 0.3 is 0 Å². The molecule has 2 heteroatoms. The molecule has 0 amide bonds. The fraction of sp³-hybridized carbons (Fsp3) is 1.00. The van der Waals surface area contributed by atoms with Gasteiger partial charge in [0.2, 0.25) is 0 Å². The van der Waals surface area contributed by atoms with Crippen LogP contribution in [0.3, 0.4) is 0 Å². The summed E-state index contributed by atoms with van der Waals surface area (Å²) in [6, 6.07) is 0. The molecule has 2 atom stereocenters. The highest BCUT2D eigenvalue weighted by molar-refractivity contribution is 4.76. The molecule has 0 radical (unpaired) electrons. The third-order valence-electron chi connectivity index (χ3n) is 1.83. The highest BCUT2D eigenvalue weighted by Gasteiger charge is 2.37. The Morgan fingerprint density at radius 3 is 2.10 bits per heavy atom. The van der Waals surface area contributed by atoms with E-state index in [-0.39, 0.29) is 18.0 Å². The van der Waals surface area contributed by atoms with Crippen LogP contribution in [-0.2, 0) is 9.47 Å². The van der Waals surface area contributed by atoms with Crippen molar-refractivity contribution in [2.75, 3.05) is 0 Å². The molecule has 1 fully saturated rings. The second-order valence-corrected chi connectivity index (χ2v) is 3.29. The van der Waals surface area contributed by atoms with Gasteiger partial charge in [0, 0.05) is 0 Å². The van der Waals surface area contributed by atoms with Gasteiger partial charge in [-0.3, -0.25) is 0 Å². The molecule has 2 nitrogen and oxygen atoms in total. The number of ether oxygens (including phenoxy) is 2. The van der Waals surface area contributed by atoms with Crippen molar-refractivity contribution in [2.24, 2.45) is 0 Å². The topological polar surface area (TPSA) is 18.5 Å². The van der Waals surface area contributed by atoms with Crippen LogP contribution in [0.4, 0.5) is 0 Å². The highest BCUT2D eigenvalue weighted by Crippen LogP contribution is 2.28. The number of hydrogen-bond donors (Lipinski definition) is 0. The largest absolute Gasteiger partial charge is 0.345 e. The normalized spacial score (nSPS) is 38.4. The van der Waals surface area contributed by atoms with Crippen LogP contribution in [0.25, 0.3) is 0 Å². The summed E-state index contributed by atoms with van der Waals surface area (Å²) in [5, 5.41) is 0. The van der Waals surface area contributed by atoms with E-state index in [9.17, 15) is 0 Å². The molecule has 0 aromatic rings. The van der Waals surface area contributed by atoms with Crippen LogP contribution in [0.5, 0.6) is 0 Å². The van der Waals surface area contributed by atoms with Gasteiger partial charge in [0.05, 0.1) is 12.2 Å². The van der Waals surface area contributed by atoms with Gasteiger partial charge in [-0.2, -0.15) is 0 Å². The van der Waals surface area contributed by atoms with E-state index in [1.165, 1.54) is 0 Å². The number of hydrogen-bond acceptors (Lipinski definition) is 2. The van der Waals surface area contributed by atoms with Gasteiger partial charge in [-0.1, -0.05) is 6.92 Å². The molecule has 0 aromatic heterocycles. The first-order valence-electron chi connectivity index (χ1n) is 3.91.